The van der Waals surface area contributed by atoms with Gasteiger partial charge in [0, 0.05) is 22.4 Å². The summed E-state index contributed by atoms with van der Waals surface area (Å²) in [5.74, 6) is 0. The molecule has 1 aromatic rings. The van der Waals surface area contributed by atoms with E-state index >= 15 is 0 Å². The highest BCUT2D eigenvalue weighted by atomic mass is 127. The molecule has 0 aromatic carbocycles. The van der Waals surface area contributed by atoms with E-state index < -0.39 is 0 Å². The average Bonchev–Trinajstić information content (AvgIpc) is 2.17. The summed E-state index contributed by atoms with van der Waals surface area (Å²) in [6.07, 6.45) is 7.04. The van der Waals surface area contributed by atoms with Crippen molar-refractivity contribution in [3.8, 4) is 0 Å². The van der Waals surface area contributed by atoms with Gasteiger partial charge in [-0.2, -0.15) is 0 Å². The molecule has 1 heterocycles. The van der Waals surface area contributed by atoms with E-state index in [-0.39, 0.29) is 5.56 Å². The van der Waals surface area contributed by atoms with Gasteiger partial charge in [0.25, 0.3) is 5.56 Å². The van der Waals surface area contributed by atoms with Gasteiger partial charge in [0.05, 0.1) is 0 Å². The van der Waals surface area contributed by atoms with E-state index in [0.717, 1.165) is 10.1 Å². The molecule has 0 atom stereocenters. The Labute approximate surface area is 104 Å². The summed E-state index contributed by atoms with van der Waals surface area (Å²) in [6.45, 7) is 3.14. The number of halogens is 1. The van der Waals surface area contributed by atoms with Gasteiger partial charge in [0.2, 0.25) is 0 Å². The first-order valence-electron chi connectivity index (χ1n) is 5.51. The summed E-state index contributed by atoms with van der Waals surface area (Å²) >= 11 is 2.26. The third-order valence-electron chi connectivity index (χ3n) is 3.62. The molecule has 2 rings (SSSR count). The van der Waals surface area contributed by atoms with Crippen LogP contribution in [0, 0.1) is 8.99 Å². The summed E-state index contributed by atoms with van der Waals surface area (Å²) in [5.41, 5.74) is 0.545. The first kappa shape index (κ1) is 11.2. The third kappa shape index (κ3) is 2.27. The predicted octanol–water partition coefficient (Wildman–Crippen LogP) is 3.03. The quantitative estimate of drug-likeness (QED) is 0.786. The van der Waals surface area contributed by atoms with Crippen LogP contribution in [0.3, 0.4) is 0 Å². The van der Waals surface area contributed by atoms with Crippen LogP contribution < -0.4 is 5.56 Å². The van der Waals surface area contributed by atoms with E-state index in [4.69, 9.17) is 0 Å². The SMILES string of the molecule is CCC1(Cn2cc(I)ccc2=O)CCC1. The highest BCUT2D eigenvalue weighted by molar-refractivity contribution is 14.1. The van der Waals surface area contributed by atoms with Crippen LogP contribution in [0.2, 0.25) is 0 Å². The second kappa shape index (κ2) is 4.28. The number of nitrogens with zero attached hydrogens (tertiary/aromatic N) is 1. The summed E-state index contributed by atoms with van der Waals surface area (Å²) < 4.78 is 3.02. The van der Waals surface area contributed by atoms with E-state index in [9.17, 15) is 4.79 Å². The molecule has 0 saturated heterocycles. The molecule has 0 radical (unpaired) electrons. The van der Waals surface area contributed by atoms with Gasteiger partial charge in [-0.15, -0.1) is 0 Å². The molecule has 1 fully saturated rings. The van der Waals surface area contributed by atoms with Gasteiger partial charge in [-0.1, -0.05) is 13.3 Å². The third-order valence-corrected chi connectivity index (χ3v) is 4.26. The van der Waals surface area contributed by atoms with Gasteiger partial charge >= 0.3 is 0 Å². The van der Waals surface area contributed by atoms with Crippen LogP contribution in [-0.4, -0.2) is 4.57 Å². The Bertz CT molecular complexity index is 401. The van der Waals surface area contributed by atoms with Gasteiger partial charge in [0.1, 0.15) is 0 Å². The lowest BCUT2D eigenvalue weighted by atomic mass is 9.67. The second-order valence-corrected chi connectivity index (χ2v) is 5.77. The summed E-state index contributed by atoms with van der Waals surface area (Å²) in [5, 5.41) is 0. The number of hydrogen-bond donors (Lipinski definition) is 0. The molecule has 82 valence electrons. The standard InChI is InChI=1S/C12H16INO/c1-2-12(6-3-7-12)9-14-8-10(13)4-5-11(14)15/h4-5,8H,2-3,6-7,9H2,1H3. The van der Waals surface area contributed by atoms with E-state index in [1.165, 1.54) is 25.7 Å². The minimum Gasteiger partial charge on any atom is -0.314 e. The molecule has 15 heavy (non-hydrogen) atoms. The zero-order chi connectivity index (χ0) is 10.9. The van der Waals surface area contributed by atoms with Crippen molar-refractivity contribution >= 4 is 22.6 Å². The van der Waals surface area contributed by atoms with Crippen molar-refractivity contribution in [3.05, 3.63) is 32.3 Å². The Morgan fingerprint density at radius 2 is 2.20 bits per heavy atom. The summed E-state index contributed by atoms with van der Waals surface area (Å²) in [4.78, 5) is 11.7. The van der Waals surface area contributed by atoms with Crippen molar-refractivity contribution in [2.45, 2.75) is 39.2 Å². The molecule has 0 amide bonds. The van der Waals surface area contributed by atoms with E-state index in [1.807, 2.05) is 16.8 Å². The molecule has 0 spiro atoms. The van der Waals surface area contributed by atoms with Gasteiger partial charge in [-0.05, 0) is 53.3 Å². The molecule has 1 aliphatic rings. The Morgan fingerprint density at radius 3 is 2.73 bits per heavy atom. The lowest BCUT2D eigenvalue weighted by Crippen LogP contribution is -2.36. The van der Waals surface area contributed by atoms with Crippen molar-refractivity contribution in [1.29, 1.82) is 0 Å². The lowest BCUT2D eigenvalue weighted by molar-refractivity contribution is 0.0987. The largest absolute Gasteiger partial charge is 0.314 e. The van der Waals surface area contributed by atoms with Crippen LogP contribution in [0.1, 0.15) is 32.6 Å². The van der Waals surface area contributed by atoms with Gasteiger partial charge in [-0.3, -0.25) is 4.79 Å². The molecular weight excluding hydrogens is 301 g/mol. The van der Waals surface area contributed by atoms with E-state index in [2.05, 4.69) is 29.5 Å². The van der Waals surface area contributed by atoms with Crippen molar-refractivity contribution < 1.29 is 0 Å². The average molecular weight is 317 g/mol. The smallest absolute Gasteiger partial charge is 0.250 e. The minimum atomic E-state index is 0.134. The Kier molecular flexibility index (Phi) is 3.19. The van der Waals surface area contributed by atoms with Crippen LogP contribution >= 0.6 is 22.6 Å². The molecule has 3 heteroatoms. The molecular formula is C12H16INO. The number of hydrogen-bond acceptors (Lipinski definition) is 1. The van der Waals surface area contributed by atoms with Crippen LogP contribution in [0.4, 0.5) is 0 Å². The summed E-state index contributed by atoms with van der Waals surface area (Å²) in [7, 11) is 0. The van der Waals surface area contributed by atoms with E-state index in [1.54, 1.807) is 6.07 Å². The van der Waals surface area contributed by atoms with Crippen molar-refractivity contribution in [2.24, 2.45) is 5.41 Å². The van der Waals surface area contributed by atoms with Crippen LogP contribution in [0.25, 0.3) is 0 Å². The number of rotatable bonds is 3. The van der Waals surface area contributed by atoms with Gasteiger partial charge in [-0.25, -0.2) is 0 Å². The first-order valence-corrected chi connectivity index (χ1v) is 6.59. The molecule has 1 aromatic heterocycles. The minimum absolute atomic E-state index is 0.134. The molecule has 2 nitrogen and oxygen atoms in total. The molecule has 0 N–H and O–H groups in total. The highest BCUT2D eigenvalue weighted by Crippen LogP contribution is 2.44. The Morgan fingerprint density at radius 1 is 1.47 bits per heavy atom. The summed E-state index contributed by atoms with van der Waals surface area (Å²) in [6, 6.07) is 3.54. The molecule has 0 bridgehead atoms. The van der Waals surface area contributed by atoms with Crippen molar-refractivity contribution in [1.82, 2.24) is 4.57 Å². The zero-order valence-electron chi connectivity index (χ0n) is 9.00. The maximum atomic E-state index is 11.7. The maximum absolute atomic E-state index is 11.7. The Hall–Kier alpha value is -0.320. The fourth-order valence-electron chi connectivity index (χ4n) is 2.29. The molecule has 1 saturated carbocycles. The molecule has 0 aliphatic heterocycles. The highest BCUT2D eigenvalue weighted by Gasteiger charge is 2.35. The topological polar surface area (TPSA) is 22.0 Å². The Balaban J connectivity index is 2.23. The van der Waals surface area contributed by atoms with Crippen LogP contribution in [0.15, 0.2) is 23.1 Å². The predicted molar refractivity (Wildman–Crippen MR) is 70.0 cm³/mol. The second-order valence-electron chi connectivity index (χ2n) is 4.52. The maximum Gasteiger partial charge on any atom is 0.250 e. The monoisotopic (exact) mass is 317 g/mol. The molecule has 0 unspecified atom stereocenters. The van der Waals surface area contributed by atoms with Crippen LogP contribution in [-0.2, 0) is 6.54 Å². The fourth-order valence-corrected chi connectivity index (χ4v) is 2.80. The van der Waals surface area contributed by atoms with E-state index in [0.29, 0.717) is 5.41 Å². The number of aromatic nitrogens is 1. The number of pyridine rings is 1. The van der Waals surface area contributed by atoms with Gasteiger partial charge in [0.15, 0.2) is 0 Å². The first-order chi connectivity index (χ1) is 7.15. The molecule has 1 aliphatic carbocycles. The fraction of sp³-hybridized carbons (Fsp3) is 0.583. The zero-order valence-corrected chi connectivity index (χ0v) is 11.2. The van der Waals surface area contributed by atoms with Crippen molar-refractivity contribution in [3.63, 3.8) is 0 Å². The van der Waals surface area contributed by atoms with Crippen molar-refractivity contribution in [2.75, 3.05) is 0 Å². The normalized spacial score (nSPS) is 18.5. The lowest BCUT2D eigenvalue weighted by Gasteiger charge is -2.41. The van der Waals surface area contributed by atoms with Crippen LogP contribution in [0.5, 0.6) is 0 Å². The van der Waals surface area contributed by atoms with Gasteiger partial charge < -0.3 is 4.57 Å².